The summed E-state index contributed by atoms with van der Waals surface area (Å²) in [5.41, 5.74) is 1.27. The van der Waals surface area contributed by atoms with Crippen LogP contribution in [-0.4, -0.2) is 48.0 Å². The predicted octanol–water partition coefficient (Wildman–Crippen LogP) is 2.37. The van der Waals surface area contributed by atoms with Gasteiger partial charge in [-0.15, -0.1) is 0 Å². The quantitative estimate of drug-likeness (QED) is 0.832. The fourth-order valence-corrected chi connectivity index (χ4v) is 2.66. The minimum Gasteiger partial charge on any atom is -0.302 e. The van der Waals surface area contributed by atoms with Gasteiger partial charge in [-0.3, -0.25) is 4.98 Å². The molecule has 1 aliphatic heterocycles. The summed E-state index contributed by atoms with van der Waals surface area (Å²) in [6, 6.07) is 2.14. The van der Waals surface area contributed by atoms with E-state index in [4.69, 9.17) is 0 Å². The molecule has 0 saturated carbocycles. The number of hydrogen-bond donors (Lipinski definition) is 0. The molecule has 17 heavy (non-hydrogen) atoms. The number of hydrogen-bond acceptors (Lipinski definition) is 3. The fourth-order valence-electron chi connectivity index (χ4n) is 2.25. The molecule has 0 unspecified atom stereocenters. The van der Waals surface area contributed by atoms with Crippen LogP contribution in [0.3, 0.4) is 0 Å². The molecule has 0 atom stereocenters. The smallest absolute Gasteiger partial charge is 0.0410 e. The molecule has 4 heteroatoms. The van der Waals surface area contributed by atoms with E-state index in [9.17, 15) is 0 Å². The van der Waals surface area contributed by atoms with Crippen LogP contribution in [0.2, 0.25) is 0 Å². The second-order valence-corrected chi connectivity index (χ2v) is 5.71. The highest BCUT2D eigenvalue weighted by atomic mass is 79.9. The van der Waals surface area contributed by atoms with Gasteiger partial charge < -0.3 is 9.80 Å². The Labute approximate surface area is 112 Å². The van der Waals surface area contributed by atoms with Gasteiger partial charge >= 0.3 is 0 Å². The van der Waals surface area contributed by atoms with E-state index in [0.29, 0.717) is 0 Å². The third-order valence-electron chi connectivity index (χ3n) is 3.21. The highest BCUT2D eigenvalue weighted by molar-refractivity contribution is 9.10. The zero-order chi connectivity index (χ0) is 12.1. The molecule has 3 nitrogen and oxygen atoms in total. The van der Waals surface area contributed by atoms with Crippen LogP contribution in [0.5, 0.6) is 0 Å². The van der Waals surface area contributed by atoms with Crippen LogP contribution in [0.25, 0.3) is 0 Å². The molecule has 1 saturated heterocycles. The Morgan fingerprint density at radius 2 is 2.12 bits per heavy atom. The Morgan fingerprint density at radius 1 is 1.35 bits per heavy atom. The van der Waals surface area contributed by atoms with E-state index in [-0.39, 0.29) is 0 Å². The molecule has 1 fully saturated rings. The maximum absolute atomic E-state index is 4.19. The second-order valence-electron chi connectivity index (χ2n) is 4.80. The monoisotopic (exact) mass is 297 g/mol. The van der Waals surface area contributed by atoms with E-state index in [1.165, 1.54) is 38.0 Å². The maximum Gasteiger partial charge on any atom is 0.0410 e. The predicted molar refractivity (Wildman–Crippen MR) is 73.9 cm³/mol. The van der Waals surface area contributed by atoms with E-state index < -0.39 is 0 Å². The SMILES string of the molecule is CN(CCN1CCCC1)Cc1cncc(Br)c1. The van der Waals surface area contributed by atoms with Crippen LogP contribution in [-0.2, 0) is 6.54 Å². The lowest BCUT2D eigenvalue weighted by molar-refractivity contribution is 0.252. The third kappa shape index (κ3) is 4.37. The van der Waals surface area contributed by atoms with E-state index in [1.807, 2.05) is 12.4 Å². The zero-order valence-electron chi connectivity index (χ0n) is 10.4. The average Bonchev–Trinajstić information content (AvgIpc) is 2.79. The molecule has 0 bridgehead atoms. The first-order valence-corrected chi connectivity index (χ1v) is 7.03. The Bertz CT molecular complexity index is 350. The summed E-state index contributed by atoms with van der Waals surface area (Å²) in [5.74, 6) is 0. The Morgan fingerprint density at radius 3 is 2.82 bits per heavy atom. The fraction of sp³-hybridized carbons (Fsp3) is 0.615. The largest absolute Gasteiger partial charge is 0.302 e. The zero-order valence-corrected chi connectivity index (χ0v) is 12.0. The van der Waals surface area contributed by atoms with Crippen LogP contribution in [0.15, 0.2) is 22.9 Å². The summed E-state index contributed by atoms with van der Waals surface area (Å²) in [5, 5.41) is 0. The normalized spacial score (nSPS) is 16.9. The second kappa shape index (κ2) is 6.47. The lowest BCUT2D eigenvalue weighted by atomic mass is 10.3. The Hall–Kier alpha value is -0.450. The first-order chi connectivity index (χ1) is 8.24. The molecule has 94 valence electrons. The van der Waals surface area contributed by atoms with Crippen LogP contribution in [0.4, 0.5) is 0 Å². The molecular formula is C13H20BrN3. The van der Waals surface area contributed by atoms with E-state index in [0.717, 1.165) is 17.6 Å². The van der Waals surface area contributed by atoms with Crippen LogP contribution in [0.1, 0.15) is 18.4 Å². The molecule has 0 amide bonds. The highest BCUT2D eigenvalue weighted by Crippen LogP contribution is 2.11. The van der Waals surface area contributed by atoms with Crippen molar-refractivity contribution in [3.8, 4) is 0 Å². The number of likely N-dealkylation sites (tertiary alicyclic amines) is 1. The Kier molecular flexibility index (Phi) is 4.95. The number of nitrogens with zero attached hydrogens (tertiary/aromatic N) is 3. The first-order valence-electron chi connectivity index (χ1n) is 6.24. The molecule has 2 rings (SSSR count). The van der Waals surface area contributed by atoms with Gasteiger partial charge in [-0.1, -0.05) is 0 Å². The van der Waals surface area contributed by atoms with Gasteiger partial charge in [-0.2, -0.15) is 0 Å². The van der Waals surface area contributed by atoms with Crippen molar-refractivity contribution in [2.75, 3.05) is 33.2 Å². The molecular weight excluding hydrogens is 278 g/mol. The van der Waals surface area contributed by atoms with Gasteiger partial charge in [0.05, 0.1) is 0 Å². The molecule has 0 spiro atoms. The number of rotatable bonds is 5. The van der Waals surface area contributed by atoms with Crippen molar-refractivity contribution in [2.24, 2.45) is 0 Å². The molecule has 1 aromatic heterocycles. The van der Waals surface area contributed by atoms with Crippen molar-refractivity contribution >= 4 is 15.9 Å². The number of aromatic nitrogens is 1. The van der Waals surface area contributed by atoms with Crippen LogP contribution >= 0.6 is 15.9 Å². The van der Waals surface area contributed by atoms with Crippen molar-refractivity contribution < 1.29 is 0 Å². The number of likely N-dealkylation sites (N-methyl/N-ethyl adjacent to an activating group) is 1. The molecule has 0 aromatic carbocycles. The van der Waals surface area contributed by atoms with E-state index in [1.54, 1.807) is 0 Å². The number of halogens is 1. The minimum absolute atomic E-state index is 0.972. The van der Waals surface area contributed by atoms with Crippen molar-refractivity contribution in [1.82, 2.24) is 14.8 Å². The average molecular weight is 298 g/mol. The van der Waals surface area contributed by atoms with Gasteiger partial charge in [-0.05, 0) is 60.5 Å². The van der Waals surface area contributed by atoms with Crippen molar-refractivity contribution in [2.45, 2.75) is 19.4 Å². The molecule has 0 aliphatic carbocycles. The van der Waals surface area contributed by atoms with Gasteiger partial charge in [0.25, 0.3) is 0 Å². The first kappa shape index (κ1) is 13.0. The van der Waals surface area contributed by atoms with Crippen molar-refractivity contribution in [3.05, 3.63) is 28.5 Å². The summed E-state index contributed by atoms with van der Waals surface area (Å²) in [4.78, 5) is 9.11. The highest BCUT2D eigenvalue weighted by Gasteiger charge is 2.11. The van der Waals surface area contributed by atoms with Gasteiger partial charge in [0.15, 0.2) is 0 Å². The van der Waals surface area contributed by atoms with E-state index >= 15 is 0 Å². The van der Waals surface area contributed by atoms with Gasteiger partial charge in [-0.25, -0.2) is 0 Å². The maximum atomic E-state index is 4.19. The Balaban J connectivity index is 1.74. The topological polar surface area (TPSA) is 19.4 Å². The number of pyridine rings is 1. The molecule has 1 aromatic rings. The van der Waals surface area contributed by atoms with E-state index in [2.05, 4.69) is 43.8 Å². The van der Waals surface area contributed by atoms with Gasteiger partial charge in [0.2, 0.25) is 0 Å². The van der Waals surface area contributed by atoms with Crippen molar-refractivity contribution in [1.29, 1.82) is 0 Å². The lowest BCUT2D eigenvalue weighted by Gasteiger charge is -2.21. The van der Waals surface area contributed by atoms with Gasteiger partial charge in [0.1, 0.15) is 0 Å². The summed E-state index contributed by atoms with van der Waals surface area (Å²) < 4.78 is 1.06. The summed E-state index contributed by atoms with van der Waals surface area (Å²) in [7, 11) is 2.18. The molecule has 0 radical (unpaired) electrons. The third-order valence-corrected chi connectivity index (χ3v) is 3.64. The molecule has 1 aliphatic rings. The summed E-state index contributed by atoms with van der Waals surface area (Å²) in [6.07, 6.45) is 6.52. The van der Waals surface area contributed by atoms with Crippen molar-refractivity contribution in [3.63, 3.8) is 0 Å². The summed E-state index contributed by atoms with van der Waals surface area (Å²) >= 11 is 3.46. The standard InChI is InChI=1S/C13H20BrN3/c1-16(6-7-17-4-2-3-5-17)11-12-8-13(14)10-15-9-12/h8-10H,2-7,11H2,1H3. The molecule has 2 heterocycles. The lowest BCUT2D eigenvalue weighted by Crippen LogP contribution is -2.31. The minimum atomic E-state index is 0.972. The van der Waals surface area contributed by atoms with Gasteiger partial charge in [0, 0.05) is 36.5 Å². The van der Waals surface area contributed by atoms with Crippen LogP contribution in [0, 0.1) is 0 Å². The molecule has 0 N–H and O–H groups in total. The summed E-state index contributed by atoms with van der Waals surface area (Å²) in [6.45, 7) is 5.86. The van der Waals surface area contributed by atoms with Crippen LogP contribution < -0.4 is 0 Å².